The Morgan fingerprint density at radius 3 is 2.93 bits per heavy atom. The van der Waals surface area contributed by atoms with E-state index in [2.05, 4.69) is 20.5 Å². The average Bonchev–Trinajstić information content (AvgIpc) is 3.34. The highest BCUT2D eigenvalue weighted by molar-refractivity contribution is 7.99. The number of thioether (sulfide) groups is 1. The molecule has 0 aliphatic rings. The van der Waals surface area contributed by atoms with Gasteiger partial charge in [0.25, 0.3) is 16.8 Å². The molecule has 0 atom stereocenters. The van der Waals surface area contributed by atoms with Crippen molar-refractivity contribution in [1.29, 1.82) is 0 Å². The highest BCUT2D eigenvalue weighted by Gasteiger charge is 2.16. The predicted octanol–water partition coefficient (Wildman–Crippen LogP) is 4.00. The van der Waals surface area contributed by atoms with Crippen LogP contribution < -0.4 is 5.32 Å². The van der Waals surface area contributed by atoms with Gasteiger partial charge in [0.1, 0.15) is 5.82 Å². The summed E-state index contributed by atoms with van der Waals surface area (Å²) in [7, 11) is 0. The van der Waals surface area contributed by atoms with Crippen molar-refractivity contribution < 1.29 is 18.5 Å². The molecule has 2 aromatic carbocycles. The SMILES string of the molecule is O=C(CSc1nnc(-c2c[nH]c3ccccc23)o1)Nc1cc([N+](=O)[O-])ccc1F. The fourth-order valence-corrected chi connectivity index (χ4v) is 3.22. The van der Waals surface area contributed by atoms with Crippen molar-refractivity contribution in [3.8, 4) is 11.5 Å². The number of benzene rings is 2. The van der Waals surface area contributed by atoms with Gasteiger partial charge in [-0.1, -0.05) is 30.0 Å². The fraction of sp³-hybridized carbons (Fsp3) is 0.0556. The fourth-order valence-electron chi connectivity index (χ4n) is 2.66. The number of halogens is 1. The third kappa shape index (κ3) is 3.94. The Hall–Kier alpha value is -3.73. The lowest BCUT2D eigenvalue weighted by molar-refractivity contribution is -0.384. The number of carbonyl (C=O) groups is 1. The summed E-state index contributed by atoms with van der Waals surface area (Å²) in [6.45, 7) is 0. The molecule has 0 bridgehead atoms. The minimum atomic E-state index is -0.770. The number of non-ortho nitro benzene ring substituents is 1. The van der Waals surface area contributed by atoms with Gasteiger partial charge < -0.3 is 14.7 Å². The van der Waals surface area contributed by atoms with Gasteiger partial charge in [-0.05, 0) is 12.1 Å². The van der Waals surface area contributed by atoms with E-state index in [-0.39, 0.29) is 22.4 Å². The largest absolute Gasteiger partial charge is 0.411 e. The summed E-state index contributed by atoms with van der Waals surface area (Å²) in [6.07, 6.45) is 1.75. The molecule has 146 valence electrons. The number of anilines is 1. The van der Waals surface area contributed by atoms with Gasteiger partial charge in [-0.3, -0.25) is 14.9 Å². The smallest absolute Gasteiger partial charge is 0.277 e. The molecule has 0 spiro atoms. The van der Waals surface area contributed by atoms with E-state index < -0.39 is 16.6 Å². The standard InChI is InChI=1S/C18H12FN5O4S/c19-13-6-5-10(24(26)27)7-15(13)21-16(25)9-29-18-23-22-17(28-18)12-8-20-14-4-2-1-3-11(12)14/h1-8,20H,9H2,(H,21,25). The number of carbonyl (C=O) groups excluding carboxylic acids is 1. The Balaban J connectivity index is 1.42. The third-order valence-electron chi connectivity index (χ3n) is 3.99. The van der Waals surface area contributed by atoms with Crippen LogP contribution in [0.2, 0.25) is 0 Å². The average molecular weight is 413 g/mol. The normalized spacial score (nSPS) is 10.9. The molecule has 2 heterocycles. The molecule has 4 rings (SSSR count). The summed E-state index contributed by atoms with van der Waals surface area (Å²) in [5, 5.41) is 22.1. The molecule has 29 heavy (non-hydrogen) atoms. The zero-order valence-corrected chi connectivity index (χ0v) is 15.4. The number of nitrogens with one attached hydrogen (secondary N) is 2. The van der Waals surface area contributed by atoms with E-state index in [0.717, 1.165) is 46.4 Å². The number of fused-ring (bicyclic) bond motifs is 1. The van der Waals surface area contributed by atoms with E-state index >= 15 is 0 Å². The van der Waals surface area contributed by atoms with E-state index in [4.69, 9.17) is 4.42 Å². The van der Waals surface area contributed by atoms with Crippen LogP contribution in [0.15, 0.2) is 58.3 Å². The zero-order valence-electron chi connectivity index (χ0n) is 14.6. The topological polar surface area (TPSA) is 127 Å². The van der Waals surface area contributed by atoms with Crippen LogP contribution in [0.3, 0.4) is 0 Å². The molecule has 9 nitrogen and oxygen atoms in total. The van der Waals surface area contributed by atoms with Crippen molar-refractivity contribution in [3.05, 3.63) is 64.6 Å². The van der Waals surface area contributed by atoms with Gasteiger partial charge in [0, 0.05) is 29.2 Å². The first kappa shape index (κ1) is 18.6. The van der Waals surface area contributed by atoms with E-state index in [1.807, 2.05) is 24.3 Å². The molecule has 11 heteroatoms. The maximum absolute atomic E-state index is 13.8. The monoisotopic (exact) mass is 413 g/mol. The highest BCUT2D eigenvalue weighted by Crippen LogP contribution is 2.29. The maximum Gasteiger partial charge on any atom is 0.277 e. The van der Waals surface area contributed by atoms with Crippen molar-refractivity contribution in [2.24, 2.45) is 0 Å². The second-order valence-corrected chi connectivity index (χ2v) is 6.81. The van der Waals surface area contributed by atoms with Crippen molar-refractivity contribution in [2.45, 2.75) is 5.22 Å². The number of nitro groups is 1. The quantitative estimate of drug-likeness (QED) is 0.278. The number of hydrogen-bond donors (Lipinski definition) is 2. The molecule has 0 unspecified atom stereocenters. The Kier molecular flexibility index (Phi) is 4.96. The molecular weight excluding hydrogens is 401 g/mol. The molecule has 2 aromatic heterocycles. The lowest BCUT2D eigenvalue weighted by Crippen LogP contribution is -2.15. The number of nitro benzene ring substituents is 1. The van der Waals surface area contributed by atoms with Crippen molar-refractivity contribution in [2.75, 3.05) is 11.1 Å². The van der Waals surface area contributed by atoms with E-state index in [1.54, 1.807) is 6.20 Å². The molecule has 0 fully saturated rings. The number of hydrogen-bond acceptors (Lipinski definition) is 7. The highest BCUT2D eigenvalue weighted by atomic mass is 32.2. The van der Waals surface area contributed by atoms with Crippen LogP contribution >= 0.6 is 11.8 Å². The zero-order chi connectivity index (χ0) is 20.4. The van der Waals surface area contributed by atoms with Gasteiger partial charge in [0.2, 0.25) is 5.91 Å². The lowest BCUT2D eigenvalue weighted by Gasteiger charge is -2.05. The number of nitrogens with zero attached hydrogens (tertiary/aromatic N) is 3. The van der Waals surface area contributed by atoms with Gasteiger partial charge in [-0.2, -0.15) is 0 Å². The summed E-state index contributed by atoms with van der Waals surface area (Å²) < 4.78 is 19.3. The van der Waals surface area contributed by atoms with Crippen molar-refractivity contribution in [3.63, 3.8) is 0 Å². The number of H-pyrrole nitrogens is 1. The number of amides is 1. The van der Waals surface area contributed by atoms with Crippen LogP contribution in [0.1, 0.15) is 0 Å². The van der Waals surface area contributed by atoms with Gasteiger partial charge in [-0.25, -0.2) is 4.39 Å². The van der Waals surface area contributed by atoms with Crippen LogP contribution in [0.25, 0.3) is 22.4 Å². The predicted molar refractivity (Wildman–Crippen MR) is 104 cm³/mol. The molecule has 1 amide bonds. The van der Waals surface area contributed by atoms with E-state index in [0.29, 0.717) is 5.89 Å². The van der Waals surface area contributed by atoms with E-state index in [1.165, 1.54) is 0 Å². The lowest BCUT2D eigenvalue weighted by atomic mass is 10.2. The molecule has 0 saturated carbocycles. The second-order valence-electron chi connectivity index (χ2n) is 5.88. The third-order valence-corrected chi connectivity index (χ3v) is 4.81. The minimum absolute atomic E-state index is 0.141. The molecule has 0 aliphatic carbocycles. The number of aromatic nitrogens is 3. The van der Waals surface area contributed by atoms with Crippen LogP contribution in [0.4, 0.5) is 15.8 Å². The molecule has 4 aromatic rings. The molecule has 0 radical (unpaired) electrons. The van der Waals surface area contributed by atoms with Gasteiger partial charge >= 0.3 is 0 Å². The maximum atomic E-state index is 13.8. The van der Waals surface area contributed by atoms with Crippen LogP contribution in [0, 0.1) is 15.9 Å². The number of para-hydroxylation sites is 1. The Morgan fingerprint density at radius 2 is 2.10 bits per heavy atom. The summed E-state index contributed by atoms with van der Waals surface area (Å²) in [4.78, 5) is 25.3. The molecule has 0 saturated heterocycles. The van der Waals surface area contributed by atoms with Crippen molar-refractivity contribution >= 4 is 39.9 Å². The van der Waals surface area contributed by atoms with Gasteiger partial charge in [0.05, 0.1) is 21.9 Å². The summed E-state index contributed by atoms with van der Waals surface area (Å²) in [5.41, 5.74) is 1.07. The van der Waals surface area contributed by atoms with Crippen LogP contribution in [-0.4, -0.2) is 31.8 Å². The van der Waals surface area contributed by atoms with Crippen LogP contribution in [-0.2, 0) is 4.79 Å². The van der Waals surface area contributed by atoms with Crippen LogP contribution in [0.5, 0.6) is 0 Å². The first-order chi connectivity index (χ1) is 14.0. The molecular formula is C18H12FN5O4S. The van der Waals surface area contributed by atoms with Gasteiger partial charge in [-0.15, -0.1) is 10.2 Å². The molecule has 0 aliphatic heterocycles. The second kappa shape index (κ2) is 7.72. The Morgan fingerprint density at radius 1 is 1.28 bits per heavy atom. The first-order valence-corrected chi connectivity index (χ1v) is 9.26. The minimum Gasteiger partial charge on any atom is -0.411 e. The molecule has 2 N–H and O–H groups in total. The van der Waals surface area contributed by atoms with Gasteiger partial charge in [0.15, 0.2) is 0 Å². The first-order valence-electron chi connectivity index (χ1n) is 8.28. The number of rotatable bonds is 6. The summed E-state index contributed by atoms with van der Waals surface area (Å²) in [6, 6.07) is 10.5. The summed E-state index contributed by atoms with van der Waals surface area (Å²) >= 11 is 0.969. The van der Waals surface area contributed by atoms with E-state index in [9.17, 15) is 19.3 Å². The van der Waals surface area contributed by atoms with Crippen molar-refractivity contribution in [1.82, 2.24) is 15.2 Å². The Labute approximate surface area is 166 Å². The Bertz CT molecular complexity index is 1220. The summed E-state index contributed by atoms with van der Waals surface area (Å²) in [5.74, 6) is -1.18. The number of aromatic amines is 1.